The van der Waals surface area contributed by atoms with Gasteiger partial charge < -0.3 is 14.9 Å². The molecule has 5 rings (SSSR count). The van der Waals surface area contributed by atoms with Crippen molar-refractivity contribution in [2.75, 3.05) is 18.6 Å². The molecule has 0 aliphatic carbocycles. The lowest BCUT2D eigenvalue weighted by Crippen LogP contribution is -2.32. The molecule has 0 atom stereocenters. The molecule has 0 spiro atoms. The number of hydrogen-bond acceptors (Lipinski definition) is 10. The van der Waals surface area contributed by atoms with Crippen molar-refractivity contribution in [1.82, 2.24) is 19.1 Å². The molecule has 2 aromatic heterocycles. The summed E-state index contributed by atoms with van der Waals surface area (Å²) in [4.78, 5) is 47.0. The molecule has 0 saturated carbocycles. The summed E-state index contributed by atoms with van der Waals surface area (Å²) in [6.45, 7) is 0.828. The summed E-state index contributed by atoms with van der Waals surface area (Å²) < 4.78 is 7.62. The second-order valence-corrected chi connectivity index (χ2v) is 9.54. The molecule has 2 N–H and O–H groups in total. The van der Waals surface area contributed by atoms with E-state index in [0.717, 1.165) is 0 Å². The number of ether oxygens (including phenoxy) is 1. The van der Waals surface area contributed by atoms with Crippen molar-refractivity contribution in [1.29, 1.82) is 0 Å². The van der Waals surface area contributed by atoms with Gasteiger partial charge in [-0.15, -0.1) is 0 Å². The van der Waals surface area contributed by atoms with Gasteiger partial charge in [0.2, 0.25) is 11.8 Å². The van der Waals surface area contributed by atoms with Gasteiger partial charge in [0, 0.05) is 24.6 Å². The van der Waals surface area contributed by atoms with Crippen LogP contribution in [0.3, 0.4) is 0 Å². The molecule has 0 unspecified atom stereocenters. The molecule has 0 saturated heterocycles. The van der Waals surface area contributed by atoms with E-state index in [2.05, 4.69) is 9.97 Å². The van der Waals surface area contributed by atoms with Crippen molar-refractivity contribution >= 4 is 29.5 Å². The number of carbonyl (C=O) groups excluding carboxylic acids is 1. The lowest BCUT2D eigenvalue weighted by molar-refractivity contribution is 0.0600. The van der Waals surface area contributed by atoms with Crippen LogP contribution in [0.4, 0.5) is 0 Å². The van der Waals surface area contributed by atoms with E-state index in [1.165, 1.54) is 51.9 Å². The molecule has 12 heteroatoms. The SMILES string of the molecule is COC(=O)c1ccc(C(c2c(O)nc3n(c2=O)CCS3)c2c(O)nc3n(c2=O)CCS3)cc1. The minimum absolute atomic E-state index is 0.132. The van der Waals surface area contributed by atoms with Crippen LogP contribution < -0.4 is 11.1 Å². The summed E-state index contributed by atoms with van der Waals surface area (Å²) in [5.41, 5.74) is -0.580. The fraction of sp³-hybridized carbons (Fsp3) is 0.286. The predicted octanol–water partition coefficient (Wildman–Crippen LogP) is 1.39. The smallest absolute Gasteiger partial charge is 0.337 e. The Kier molecular flexibility index (Phi) is 5.41. The fourth-order valence-corrected chi connectivity index (χ4v) is 5.94. The van der Waals surface area contributed by atoms with Crippen LogP contribution in [0, 0.1) is 0 Å². The summed E-state index contributed by atoms with van der Waals surface area (Å²) >= 11 is 2.70. The van der Waals surface area contributed by atoms with Crippen LogP contribution >= 0.6 is 23.5 Å². The third-order valence-electron chi connectivity index (χ3n) is 5.63. The van der Waals surface area contributed by atoms with Crippen molar-refractivity contribution < 1.29 is 19.7 Å². The van der Waals surface area contributed by atoms with Gasteiger partial charge >= 0.3 is 5.97 Å². The van der Waals surface area contributed by atoms with Crippen LogP contribution in [-0.2, 0) is 17.8 Å². The first kappa shape index (κ1) is 21.6. The molecule has 0 bridgehead atoms. The molecule has 170 valence electrons. The van der Waals surface area contributed by atoms with Crippen LogP contribution in [0.5, 0.6) is 11.8 Å². The molecule has 2 aliphatic heterocycles. The lowest BCUT2D eigenvalue weighted by Gasteiger charge is -2.20. The second-order valence-electron chi connectivity index (χ2n) is 7.42. The number of rotatable bonds is 4. The number of fused-ring (bicyclic) bond motifs is 2. The van der Waals surface area contributed by atoms with Gasteiger partial charge in [-0.2, -0.15) is 9.97 Å². The fourth-order valence-electron chi connectivity index (χ4n) is 4.06. The lowest BCUT2D eigenvalue weighted by atomic mass is 9.86. The number of esters is 1. The zero-order valence-electron chi connectivity index (χ0n) is 17.3. The largest absolute Gasteiger partial charge is 0.493 e. The van der Waals surface area contributed by atoms with Crippen LogP contribution in [0.1, 0.15) is 33.0 Å². The number of aromatic nitrogens is 4. The molecule has 1 aromatic carbocycles. The maximum atomic E-state index is 13.4. The third kappa shape index (κ3) is 3.49. The molecule has 33 heavy (non-hydrogen) atoms. The normalized spacial score (nSPS) is 14.4. The van der Waals surface area contributed by atoms with Crippen LogP contribution in [-0.4, -0.2) is 53.9 Å². The van der Waals surface area contributed by atoms with Gasteiger partial charge in [-0.05, 0) is 17.7 Å². The van der Waals surface area contributed by atoms with Gasteiger partial charge in [-0.25, -0.2) is 4.79 Å². The number of thioether (sulfide) groups is 2. The minimum Gasteiger partial charge on any atom is -0.493 e. The molecule has 10 nitrogen and oxygen atoms in total. The number of methoxy groups -OCH3 is 1. The number of hydrogen-bond donors (Lipinski definition) is 2. The molecule has 2 aliphatic rings. The highest BCUT2D eigenvalue weighted by Crippen LogP contribution is 2.38. The summed E-state index contributed by atoms with van der Waals surface area (Å²) in [6, 6.07) is 6.08. The van der Waals surface area contributed by atoms with E-state index >= 15 is 0 Å². The zero-order valence-corrected chi connectivity index (χ0v) is 19.0. The molecule has 0 fully saturated rings. The molecule has 0 radical (unpaired) electrons. The van der Waals surface area contributed by atoms with Crippen LogP contribution in [0.25, 0.3) is 0 Å². The van der Waals surface area contributed by atoms with Crippen LogP contribution in [0.2, 0.25) is 0 Å². The van der Waals surface area contributed by atoms with E-state index < -0.39 is 34.8 Å². The standard InChI is InChI=1S/C21H18N4O6S2/c1-31-19(30)11-4-2-10(3-5-11)12(13-15(26)22-20-24(17(13)28)6-8-32-20)14-16(27)23-21-25(18(14)29)7-9-33-21/h2-5,12,26-27H,6-9H2,1H3. The number of aromatic hydroxyl groups is 2. The van der Waals surface area contributed by atoms with Gasteiger partial charge in [-0.3, -0.25) is 18.7 Å². The highest BCUT2D eigenvalue weighted by molar-refractivity contribution is 7.99. The summed E-state index contributed by atoms with van der Waals surface area (Å²) in [5, 5.41) is 22.3. The first-order chi connectivity index (χ1) is 15.9. The number of nitrogens with zero attached hydrogens (tertiary/aromatic N) is 4. The van der Waals surface area contributed by atoms with Crippen molar-refractivity contribution in [2.45, 2.75) is 29.3 Å². The summed E-state index contributed by atoms with van der Waals surface area (Å²) in [5.74, 6) is -1.45. The highest BCUT2D eigenvalue weighted by atomic mass is 32.2. The summed E-state index contributed by atoms with van der Waals surface area (Å²) in [7, 11) is 1.26. The number of benzene rings is 1. The van der Waals surface area contributed by atoms with Crippen LogP contribution in [0.15, 0.2) is 44.2 Å². The Morgan fingerprint density at radius 1 is 0.939 bits per heavy atom. The molecule has 4 heterocycles. The monoisotopic (exact) mass is 486 g/mol. The summed E-state index contributed by atoms with van der Waals surface area (Å²) in [6.07, 6.45) is 0. The van der Waals surface area contributed by atoms with Crippen molar-refractivity contribution in [2.24, 2.45) is 0 Å². The quantitative estimate of drug-likeness (QED) is 0.411. The maximum Gasteiger partial charge on any atom is 0.337 e. The molecular formula is C21H18N4O6S2. The van der Waals surface area contributed by atoms with Gasteiger partial charge in [-0.1, -0.05) is 35.7 Å². The van der Waals surface area contributed by atoms with Crippen molar-refractivity contribution in [3.63, 3.8) is 0 Å². The van der Waals surface area contributed by atoms with E-state index in [0.29, 0.717) is 40.5 Å². The topological polar surface area (TPSA) is 137 Å². The Bertz CT molecular complexity index is 1320. The van der Waals surface area contributed by atoms with E-state index in [-0.39, 0.29) is 16.7 Å². The second kappa shape index (κ2) is 8.27. The first-order valence-electron chi connectivity index (χ1n) is 10.0. The first-order valence-corrected chi connectivity index (χ1v) is 12.0. The molecule has 3 aromatic rings. The Hall–Kier alpha value is -3.25. The van der Waals surface area contributed by atoms with E-state index in [4.69, 9.17) is 4.74 Å². The van der Waals surface area contributed by atoms with Gasteiger partial charge in [0.1, 0.15) is 0 Å². The van der Waals surface area contributed by atoms with E-state index in [9.17, 15) is 24.6 Å². The average molecular weight is 487 g/mol. The van der Waals surface area contributed by atoms with E-state index in [1.807, 2.05) is 0 Å². The van der Waals surface area contributed by atoms with Crippen molar-refractivity contribution in [3.05, 3.63) is 67.2 Å². The zero-order chi connectivity index (χ0) is 23.3. The predicted molar refractivity (Wildman–Crippen MR) is 120 cm³/mol. The van der Waals surface area contributed by atoms with Crippen molar-refractivity contribution in [3.8, 4) is 11.8 Å². The maximum absolute atomic E-state index is 13.4. The molecule has 0 amide bonds. The molecular weight excluding hydrogens is 468 g/mol. The Balaban J connectivity index is 1.78. The Morgan fingerprint density at radius 3 is 1.88 bits per heavy atom. The highest BCUT2D eigenvalue weighted by Gasteiger charge is 2.34. The average Bonchev–Trinajstić information content (AvgIpc) is 3.47. The van der Waals surface area contributed by atoms with E-state index in [1.54, 1.807) is 12.1 Å². The minimum atomic E-state index is -1.15. The Morgan fingerprint density at radius 2 is 1.42 bits per heavy atom. The Labute approximate surface area is 195 Å². The third-order valence-corrected chi connectivity index (χ3v) is 7.55. The van der Waals surface area contributed by atoms with Gasteiger partial charge in [0.05, 0.1) is 29.7 Å². The van der Waals surface area contributed by atoms with Gasteiger partial charge in [0.15, 0.2) is 10.3 Å². The number of carbonyl (C=O) groups is 1. The van der Waals surface area contributed by atoms with Gasteiger partial charge in [0.25, 0.3) is 11.1 Å².